The SMILES string of the molecule is [2H]C([2H])(OP1(=O)Cc2ccc(Cl)cc2CO1)[C@@]1(F)O[C@@]([2H])(n2cc(CO)c(=O)[nH]c2=S)[C@H](O)[C@@H]1O. The molecule has 2 aromatic rings. The highest BCUT2D eigenvalue weighted by molar-refractivity contribution is 7.71. The molecule has 1 saturated heterocycles. The number of alkyl halides is 1. The van der Waals surface area contributed by atoms with Gasteiger partial charge in [0.25, 0.3) is 11.4 Å². The standard InChI is InChI=1S/C18H19ClFN2O8PS/c19-12-2-1-9-7-31(27,28-6-10(9)3-12)29-8-18(20)14(25)13(24)16(30-18)22-4-11(5-23)15(26)21-17(22)32/h1-4,13-14,16,23-25H,5-8H2,(H,21,26,32)/t13-,14+,16-,18-,31?/m1/s1/i8D2,16D. The smallest absolute Gasteiger partial charge is 0.335 e. The zero-order valence-electron chi connectivity index (χ0n) is 19.0. The molecule has 1 unspecified atom stereocenters. The number of aromatic nitrogens is 2. The van der Waals surface area contributed by atoms with Crippen LogP contribution in [0, 0.1) is 4.77 Å². The summed E-state index contributed by atoms with van der Waals surface area (Å²) in [5, 5.41) is 30.6. The molecular weight excluding hydrogens is 490 g/mol. The van der Waals surface area contributed by atoms with Crippen LogP contribution in [-0.2, 0) is 37.7 Å². The van der Waals surface area contributed by atoms with Gasteiger partial charge in [-0.25, -0.2) is 4.39 Å². The predicted octanol–water partition coefficient (Wildman–Crippen LogP) is 1.91. The van der Waals surface area contributed by atoms with E-state index in [0.717, 1.165) is 6.20 Å². The summed E-state index contributed by atoms with van der Waals surface area (Å²) in [7, 11) is -4.37. The minimum Gasteiger partial charge on any atom is -0.391 e. The first-order chi connectivity index (χ1) is 16.2. The molecule has 0 bridgehead atoms. The Balaban J connectivity index is 1.68. The lowest BCUT2D eigenvalue weighted by atomic mass is 10.1. The van der Waals surface area contributed by atoms with Gasteiger partial charge in [-0.3, -0.25) is 18.9 Å². The predicted molar refractivity (Wildman–Crippen MR) is 111 cm³/mol. The topological polar surface area (TPSA) is 143 Å². The molecule has 0 amide bonds. The van der Waals surface area contributed by atoms with E-state index in [0.29, 0.717) is 20.7 Å². The van der Waals surface area contributed by atoms with E-state index in [-0.39, 0.29) is 12.2 Å². The molecule has 1 fully saturated rings. The molecule has 0 aliphatic carbocycles. The number of aliphatic hydroxyl groups excluding tert-OH is 3. The summed E-state index contributed by atoms with van der Waals surface area (Å²) in [6, 6.07) is 4.58. The largest absolute Gasteiger partial charge is 0.391 e. The summed E-state index contributed by atoms with van der Waals surface area (Å²) in [5.41, 5.74) is -0.158. The van der Waals surface area contributed by atoms with Gasteiger partial charge in [0.05, 0.1) is 29.1 Å². The van der Waals surface area contributed by atoms with Crippen molar-refractivity contribution in [2.24, 2.45) is 0 Å². The van der Waals surface area contributed by atoms with E-state index in [4.69, 9.17) is 41.7 Å². The van der Waals surface area contributed by atoms with Gasteiger partial charge in [-0.05, 0) is 35.5 Å². The minimum atomic E-state index is -4.37. The third-order valence-electron chi connectivity index (χ3n) is 4.88. The molecule has 4 N–H and O–H groups in total. The van der Waals surface area contributed by atoms with Gasteiger partial charge in [-0.2, -0.15) is 0 Å². The molecule has 2 aliphatic heterocycles. The fraction of sp³-hybridized carbons (Fsp3) is 0.444. The van der Waals surface area contributed by atoms with Crippen LogP contribution < -0.4 is 5.56 Å². The van der Waals surface area contributed by atoms with Crippen LogP contribution in [0.5, 0.6) is 0 Å². The van der Waals surface area contributed by atoms with Crippen LogP contribution in [0.25, 0.3) is 0 Å². The van der Waals surface area contributed by atoms with Gasteiger partial charge in [0.2, 0.25) is 0 Å². The monoisotopic (exact) mass is 511 g/mol. The van der Waals surface area contributed by atoms with Crippen LogP contribution >= 0.6 is 31.4 Å². The number of ether oxygens (including phenoxy) is 1. The molecule has 4 rings (SSSR count). The van der Waals surface area contributed by atoms with E-state index in [1.54, 1.807) is 6.07 Å². The molecule has 0 spiro atoms. The number of hydrogen-bond acceptors (Lipinski definition) is 9. The summed E-state index contributed by atoms with van der Waals surface area (Å²) in [4.78, 5) is 13.9. The fourth-order valence-corrected chi connectivity index (χ4v) is 5.13. The molecule has 1 aromatic carbocycles. The molecule has 174 valence electrons. The normalized spacial score (nSPS) is 36.2. The molecule has 0 saturated carbocycles. The van der Waals surface area contributed by atoms with Crippen molar-refractivity contribution >= 4 is 31.4 Å². The Morgan fingerprint density at radius 2 is 2.25 bits per heavy atom. The maximum Gasteiger partial charge on any atom is 0.335 e. The van der Waals surface area contributed by atoms with Crippen molar-refractivity contribution in [3.05, 3.63) is 61.2 Å². The van der Waals surface area contributed by atoms with Gasteiger partial charge in [-0.1, -0.05) is 17.7 Å². The molecule has 5 atom stereocenters. The minimum absolute atomic E-state index is 0.284. The number of halogens is 2. The number of aromatic amines is 1. The first-order valence-electron chi connectivity index (χ1n) is 10.6. The highest BCUT2D eigenvalue weighted by atomic mass is 35.5. The second kappa shape index (κ2) is 8.71. The molecule has 1 aromatic heterocycles. The van der Waals surface area contributed by atoms with Crippen molar-refractivity contribution < 1.29 is 42.2 Å². The van der Waals surface area contributed by atoms with Crippen LogP contribution in [0.2, 0.25) is 5.02 Å². The summed E-state index contributed by atoms with van der Waals surface area (Å²) in [6.45, 7) is -4.83. The van der Waals surface area contributed by atoms with Crippen LogP contribution in [0.1, 0.15) is 27.0 Å². The number of rotatable bonds is 5. The molecular formula is C18H19ClFN2O8PS. The Labute approximate surface area is 194 Å². The van der Waals surface area contributed by atoms with E-state index >= 15 is 4.39 Å². The van der Waals surface area contributed by atoms with Crippen LogP contribution in [0.4, 0.5) is 4.39 Å². The Hall–Kier alpha value is -1.47. The number of aliphatic hydroxyl groups is 3. The summed E-state index contributed by atoms with van der Waals surface area (Å²) in [6.07, 6.45) is -7.91. The van der Waals surface area contributed by atoms with Crippen molar-refractivity contribution in [1.82, 2.24) is 9.55 Å². The van der Waals surface area contributed by atoms with E-state index in [9.17, 15) is 24.7 Å². The average Bonchev–Trinajstić information content (AvgIpc) is 2.95. The first-order valence-corrected chi connectivity index (χ1v) is 11.6. The van der Waals surface area contributed by atoms with Gasteiger partial charge in [-0.15, -0.1) is 0 Å². The van der Waals surface area contributed by atoms with E-state index in [2.05, 4.69) is 4.98 Å². The molecule has 2 aliphatic rings. The Morgan fingerprint density at radius 3 is 2.97 bits per heavy atom. The van der Waals surface area contributed by atoms with Crippen molar-refractivity contribution in [3.63, 3.8) is 0 Å². The number of fused-ring (bicyclic) bond motifs is 1. The second-order valence-electron chi connectivity index (χ2n) is 7.07. The van der Waals surface area contributed by atoms with Crippen molar-refractivity contribution in [3.8, 4) is 0 Å². The van der Waals surface area contributed by atoms with Gasteiger partial charge >= 0.3 is 7.60 Å². The fourth-order valence-electron chi connectivity index (χ4n) is 3.17. The van der Waals surface area contributed by atoms with Crippen molar-refractivity contribution in [2.75, 3.05) is 6.56 Å². The summed E-state index contributed by atoms with van der Waals surface area (Å²) in [5.74, 6) is -3.96. The molecule has 0 radical (unpaired) electrons. The zero-order valence-corrected chi connectivity index (χ0v) is 18.5. The Bertz CT molecular complexity index is 1350. The molecule has 10 nitrogen and oxygen atoms in total. The number of benzene rings is 1. The summed E-state index contributed by atoms with van der Waals surface area (Å²) < 4.78 is 68.8. The lowest BCUT2D eigenvalue weighted by Gasteiger charge is -2.29. The Morgan fingerprint density at radius 1 is 1.50 bits per heavy atom. The molecule has 32 heavy (non-hydrogen) atoms. The third kappa shape index (κ3) is 4.35. The quantitative estimate of drug-likeness (QED) is 0.349. The van der Waals surface area contributed by atoms with E-state index in [1.807, 2.05) is 0 Å². The maximum atomic E-state index is 16.0. The number of H-pyrrole nitrogens is 1. The summed E-state index contributed by atoms with van der Waals surface area (Å²) >= 11 is 10.8. The van der Waals surface area contributed by atoms with Crippen LogP contribution in [0.3, 0.4) is 0 Å². The highest BCUT2D eigenvalue weighted by Gasteiger charge is 2.57. The molecule has 14 heteroatoms. The van der Waals surface area contributed by atoms with E-state index < -0.39 is 61.5 Å². The second-order valence-corrected chi connectivity index (χ2v) is 9.87. The Kier molecular flexibility index (Phi) is 5.43. The van der Waals surface area contributed by atoms with E-state index in [1.165, 1.54) is 12.1 Å². The van der Waals surface area contributed by atoms with Gasteiger partial charge in [0.15, 0.2) is 11.0 Å². The van der Waals surface area contributed by atoms with Crippen molar-refractivity contribution in [1.29, 1.82) is 0 Å². The van der Waals surface area contributed by atoms with Gasteiger partial charge < -0.3 is 29.1 Å². The van der Waals surface area contributed by atoms with Crippen LogP contribution in [-0.4, -0.2) is 49.5 Å². The highest BCUT2D eigenvalue weighted by Crippen LogP contribution is 2.56. The number of hydrogen-bond donors (Lipinski definition) is 4. The van der Waals surface area contributed by atoms with Crippen LogP contribution in [0.15, 0.2) is 29.2 Å². The lowest BCUT2D eigenvalue weighted by Crippen LogP contribution is -2.43. The van der Waals surface area contributed by atoms with Gasteiger partial charge in [0.1, 0.15) is 18.8 Å². The number of nitrogens with zero attached hydrogens (tertiary/aromatic N) is 1. The zero-order chi connectivity index (χ0) is 26.0. The molecule has 3 heterocycles. The number of nitrogens with one attached hydrogen (secondary N) is 1. The van der Waals surface area contributed by atoms with Gasteiger partial charge in [0, 0.05) is 11.2 Å². The third-order valence-corrected chi connectivity index (χ3v) is 7.04. The van der Waals surface area contributed by atoms with Crippen molar-refractivity contribution in [2.45, 2.75) is 43.6 Å². The maximum absolute atomic E-state index is 16.0. The first kappa shape index (κ1) is 20.0. The average molecular weight is 512 g/mol. The lowest BCUT2D eigenvalue weighted by molar-refractivity contribution is -0.204.